The van der Waals surface area contributed by atoms with Crippen LogP contribution in [0.25, 0.3) is 33.2 Å². The number of benzene rings is 5. The first-order valence-electron chi connectivity index (χ1n) is 19.3. The van der Waals surface area contributed by atoms with Gasteiger partial charge in [-0.1, -0.05) is 73.7 Å². The summed E-state index contributed by atoms with van der Waals surface area (Å²) >= 11 is 0. The highest BCUT2D eigenvalue weighted by Crippen LogP contribution is 2.24. The van der Waals surface area contributed by atoms with Gasteiger partial charge in [0.15, 0.2) is 11.4 Å². The van der Waals surface area contributed by atoms with Crippen LogP contribution in [0, 0.1) is 42.7 Å². The molecule has 5 aromatic rings. The Morgan fingerprint density at radius 2 is 1.03 bits per heavy atom. The monoisotopic (exact) mass is 884 g/mol. The molecular weight excluding hydrogens is 828 g/mol. The topological polar surface area (TPSA) is 132 Å². The molecule has 0 amide bonds. The van der Waals surface area contributed by atoms with Crippen LogP contribution in [0.1, 0.15) is 46.4 Å². The molecule has 0 aliphatic rings. The fraction of sp³-hybridized carbons (Fsp3) is 0.240. The maximum Gasteiger partial charge on any atom is 0.261 e. The zero-order chi connectivity index (χ0) is 46.1. The molecule has 0 fully saturated rings. The van der Waals surface area contributed by atoms with E-state index < -0.39 is 9.05 Å². The van der Waals surface area contributed by atoms with E-state index in [0.29, 0.717) is 29.1 Å². The summed E-state index contributed by atoms with van der Waals surface area (Å²) in [5.74, 6) is 0. The molecule has 0 saturated heterocycles. The standard InChI is InChI=1S/C21H22N4.C19H17N3O.C7H7ClO2S.C2H7N.CH4/c1-23-21(19-9-5-18(16-22)6-10-19)15-17-7-11-20(12-8-17)25(4)14-13-24(2)3;1-21-19(17-7-3-16(14-20)4-8-17)13-15-5-9-18(10-6-15)22(2)11-12-23;1-6-2-4-7(5-3-6)11(8,9)10;1-3-2;/h5-12,15H,13-14H2,2-4H3;3-10,13,23H,11-12H2,2H3;2-5H,1H3;3H,1-2H3;1H4/b21-15-;19-13-;;;. The van der Waals surface area contributed by atoms with Crippen LogP contribution in [0.15, 0.2) is 126 Å². The number of nitrogens with one attached hydrogen (secondary N) is 1. The Bertz CT molecular complexity index is 2480. The molecule has 0 aromatic heterocycles. The Hall–Kier alpha value is -6.74. The lowest BCUT2D eigenvalue weighted by Crippen LogP contribution is -2.28. The Balaban J connectivity index is 0.000000482. The zero-order valence-electron chi connectivity index (χ0n) is 36.2. The second-order valence-corrected chi connectivity index (χ2v) is 16.5. The lowest BCUT2D eigenvalue weighted by molar-refractivity contribution is 0.304. The van der Waals surface area contributed by atoms with Gasteiger partial charge in [-0.05, 0) is 130 Å². The van der Waals surface area contributed by atoms with Crippen molar-refractivity contribution in [3.63, 3.8) is 0 Å². The number of aryl methyl sites for hydroxylation is 1. The third kappa shape index (κ3) is 19.7. The summed E-state index contributed by atoms with van der Waals surface area (Å²) in [6.07, 6.45) is 3.70. The summed E-state index contributed by atoms with van der Waals surface area (Å²) < 4.78 is 21.4. The quantitative estimate of drug-likeness (QED) is 0.0714. The fourth-order valence-electron chi connectivity index (χ4n) is 5.22. The number of rotatable bonds is 12. The van der Waals surface area contributed by atoms with Gasteiger partial charge in [0.2, 0.25) is 0 Å². The first-order chi connectivity index (χ1) is 29.6. The van der Waals surface area contributed by atoms with E-state index in [1.54, 1.807) is 48.5 Å². The van der Waals surface area contributed by atoms with Gasteiger partial charge in [0.05, 0.1) is 47.9 Å². The molecule has 0 aliphatic heterocycles. The minimum atomic E-state index is -3.55. The molecule has 5 rings (SSSR count). The number of anilines is 2. The highest BCUT2D eigenvalue weighted by molar-refractivity contribution is 8.13. The average Bonchev–Trinajstić information content (AvgIpc) is 3.27. The highest BCUT2D eigenvalue weighted by atomic mass is 35.7. The summed E-state index contributed by atoms with van der Waals surface area (Å²) in [6, 6.07) is 40.6. The highest BCUT2D eigenvalue weighted by Gasteiger charge is 2.08. The summed E-state index contributed by atoms with van der Waals surface area (Å²) in [5, 5.41) is 29.4. The Kier molecular flexibility index (Phi) is 24.7. The van der Waals surface area contributed by atoms with Crippen LogP contribution < -0.4 is 15.1 Å². The zero-order valence-corrected chi connectivity index (χ0v) is 37.8. The van der Waals surface area contributed by atoms with E-state index >= 15 is 0 Å². The second kappa shape index (κ2) is 28.7. The van der Waals surface area contributed by atoms with Gasteiger partial charge in [-0.2, -0.15) is 10.5 Å². The Morgan fingerprint density at radius 3 is 1.33 bits per heavy atom. The van der Waals surface area contributed by atoms with Gasteiger partial charge in [-0.15, -0.1) is 0 Å². The molecule has 0 spiro atoms. The van der Waals surface area contributed by atoms with Crippen LogP contribution in [-0.2, 0) is 9.05 Å². The van der Waals surface area contributed by atoms with Crippen molar-refractivity contribution in [2.24, 2.45) is 0 Å². The van der Waals surface area contributed by atoms with Gasteiger partial charge in [-0.25, -0.2) is 18.1 Å². The van der Waals surface area contributed by atoms with Gasteiger partial charge >= 0.3 is 0 Å². The van der Waals surface area contributed by atoms with Crippen molar-refractivity contribution in [1.29, 1.82) is 10.5 Å². The molecule has 2 N–H and O–H groups in total. The maximum absolute atomic E-state index is 10.7. The van der Waals surface area contributed by atoms with Gasteiger partial charge < -0.3 is 25.1 Å². The van der Waals surface area contributed by atoms with Crippen molar-refractivity contribution in [2.45, 2.75) is 19.2 Å². The summed E-state index contributed by atoms with van der Waals surface area (Å²) in [7, 11) is 13.4. The number of nitriles is 2. The number of aliphatic hydroxyl groups is 1. The molecular formula is C50H57ClN8O3S. The normalized spacial score (nSPS) is 10.6. The summed E-state index contributed by atoms with van der Waals surface area (Å²) in [4.78, 5) is 13.7. The molecule has 0 bridgehead atoms. The van der Waals surface area contributed by atoms with Crippen LogP contribution in [0.2, 0.25) is 0 Å². The molecule has 0 atom stereocenters. The first-order valence-corrected chi connectivity index (χ1v) is 21.6. The summed E-state index contributed by atoms with van der Waals surface area (Å²) in [6.45, 7) is 19.3. The molecule has 13 heteroatoms. The molecule has 0 aliphatic carbocycles. The SMILES string of the molecule is C.CNC.Cc1ccc(S(=O)(=O)Cl)cc1.[C-]#[N+]/C(=C\c1ccc(N(C)CCN(C)C)cc1)c1ccc(C#N)cc1.[C-]#[N+]/C(=C\c1ccc(N(C)CCO)cc1)c1ccc(C#N)cc1. The molecule has 328 valence electrons. The number of hydrogen-bond donors (Lipinski definition) is 2. The number of likely N-dealkylation sites (N-methyl/N-ethyl adjacent to an activating group) is 3. The molecule has 0 saturated carbocycles. The van der Waals surface area contributed by atoms with E-state index in [0.717, 1.165) is 52.3 Å². The molecule has 0 heterocycles. The molecule has 0 unspecified atom stereocenters. The summed E-state index contributed by atoms with van der Waals surface area (Å²) in [5.41, 5.74) is 8.98. The number of hydrogen-bond acceptors (Lipinski definition) is 9. The fourth-order valence-corrected chi connectivity index (χ4v) is 5.99. The van der Waals surface area contributed by atoms with E-state index in [-0.39, 0.29) is 18.9 Å². The number of nitrogens with zero attached hydrogens (tertiary/aromatic N) is 7. The number of aliphatic hydroxyl groups excluding tert-OH is 1. The lowest BCUT2D eigenvalue weighted by atomic mass is 10.1. The first kappa shape index (κ1) is 54.3. The molecule has 5 aromatic carbocycles. The van der Waals surface area contributed by atoms with Gasteiger partial charge in [0, 0.05) is 55.8 Å². The lowest BCUT2D eigenvalue weighted by Gasteiger charge is -2.21. The second-order valence-electron chi connectivity index (χ2n) is 14.0. The smallest absolute Gasteiger partial charge is 0.261 e. The van der Waals surface area contributed by atoms with Crippen molar-refractivity contribution in [1.82, 2.24) is 10.2 Å². The third-order valence-corrected chi connectivity index (χ3v) is 10.1. The van der Waals surface area contributed by atoms with Crippen molar-refractivity contribution >= 4 is 54.7 Å². The van der Waals surface area contributed by atoms with Gasteiger partial charge in [0.25, 0.3) is 9.05 Å². The van der Waals surface area contributed by atoms with Crippen LogP contribution in [0.4, 0.5) is 11.4 Å². The third-order valence-electron chi connectivity index (χ3n) is 8.76. The van der Waals surface area contributed by atoms with Gasteiger partial charge in [-0.3, -0.25) is 0 Å². The van der Waals surface area contributed by atoms with Crippen molar-refractivity contribution in [3.8, 4) is 12.1 Å². The maximum atomic E-state index is 10.7. The average molecular weight is 886 g/mol. The number of halogens is 1. The van der Waals surface area contributed by atoms with Crippen LogP contribution in [0.5, 0.6) is 0 Å². The van der Waals surface area contributed by atoms with Crippen molar-refractivity contribution in [2.75, 3.05) is 78.3 Å². The minimum Gasteiger partial charge on any atom is -0.395 e. The van der Waals surface area contributed by atoms with E-state index in [1.807, 2.05) is 93.6 Å². The van der Waals surface area contributed by atoms with Crippen LogP contribution in [0.3, 0.4) is 0 Å². The van der Waals surface area contributed by atoms with E-state index in [9.17, 15) is 8.42 Å². The van der Waals surface area contributed by atoms with Crippen molar-refractivity contribution in [3.05, 3.63) is 183 Å². The Labute approximate surface area is 380 Å². The Morgan fingerprint density at radius 1 is 0.667 bits per heavy atom. The van der Waals surface area contributed by atoms with E-state index in [1.165, 1.54) is 12.1 Å². The molecule has 11 nitrogen and oxygen atoms in total. The van der Waals surface area contributed by atoms with E-state index in [4.69, 9.17) is 39.5 Å². The van der Waals surface area contributed by atoms with Crippen molar-refractivity contribution < 1.29 is 13.5 Å². The van der Waals surface area contributed by atoms with Crippen LogP contribution in [-0.4, -0.2) is 87.0 Å². The van der Waals surface area contributed by atoms with Gasteiger partial charge in [0.1, 0.15) is 0 Å². The van der Waals surface area contributed by atoms with E-state index in [2.05, 4.69) is 70.2 Å². The minimum absolute atomic E-state index is 0. The largest absolute Gasteiger partial charge is 0.395 e. The molecule has 0 radical (unpaired) electrons. The predicted octanol–water partition coefficient (Wildman–Crippen LogP) is 9.77. The van der Waals surface area contributed by atoms with Crippen LogP contribution >= 0.6 is 10.7 Å². The predicted molar refractivity (Wildman–Crippen MR) is 262 cm³/mol. The molecule has 63 heavy (non-hydrogen) atoms.